The number of nitrogens with one attached hydrogen (secondary N) is 1. The number of amides is 1. The fraction of sp³-hybridized carbons (Fsp3) is 0.500. The molecule has 6 heteroatoms. The fourth-order valence-electron chi connectivity index (χ4n) is 3.76. The molecule has 3 aliphatic rings. The van der Waals surface area contributed by atoms with Crippen LogP contribution in [0.3, 0.4) is 0 Å². The molecule has 2 saturated heterocycles. The number of ether oxygens (including phenoxy) is 2. The Morgan fingerprint density at radius 3 is 2.75 bits per heavy atom. The van der Waals surface area contributed by atoms with Crippen LogP contribution in [0, 0.1) is 0 Å². The summed E-state index contributed by atoms with van der Waals surface area (Å²) >= 11 is 0. The smallest absolute Gasteiger partial charge is 0.261 e. The van der Waals surface area contributed by atoms with Crippen LogP contribution in [0.25, 0.3) is 5.57 Å². The molecule has 1 amide bonds. The molecule has 3 heterocycles. The SMILES string of the molecule is Nc1ccc2c(c1)/C(=C1\CCOCCN1)C(=O)N2C1CCOCC1. The van der Waals surface area contributed by atoms with Crippen LogP contribution in [0.4, 0.5) is 11.4 Å². The van der Waals surface area contributed by atoms with Crippen LogP contribution in [-0.4, -0.2) is 44.9 Å². The molecule has 24 heavy (non-hydrogen) atoms. The number of fused-ring (bicyclic) bond motifs is 1. The van der Waals surface area contributed by atoms with Gasteiger partial charge in [0.05, 0.1) is 24.5 Å². The van der Waals surface area contributed by atoms with Gasteiger partial charge in [-0.05, 0) is 31.0 Å². The Morgan fingerprint density at radius 1 is 1.12 bits per heavy atom. The standard InChI is InChI=1S/C18H23N3O3/c19-12-1-2-16-14(11-12)17(15-5-9-24-10-6-20-15)18(22)21(16)13-3-7-23-8-4-13/h1-2,11,13,20H,3-10,19H2/b17-15-. The number of anilines is 2. The largest absolute Gasteiger partial charge is 0.399 e. The van der Waals surface area contributed by atoms with Gasteiger partial charge in [-0.25, -0.2) is 0 Å². The number of nitrogens with zero attached hydrogens (tertiary/aromatic N) is 1. The topological polar surface area (TPSA) is 76.8 Å². The summed E-state index contributed by atoms with van der Waals surface area (Å²) in [7, 11) is 0. The lowest BCUT2D eigenvalue weighted by Gasteiger charge is -2.31. The van der Waals surface area contributed by atoms with E-state index in [0.29, 0.717) is 32.1 Å². The van der Waals surface area contributed by atoms with Crippen LogP contribution in [0.1, 0.15) is 24.8 Å². The van der Waals surface area contributed by atoms with E-state index in [4.69, 9.17) is 15.2 Å². The first kappa shape index (κ1) is 15.5. The van der Waals surface area contributed by atoms with E-state index in [0.717, 1.165) is 48.3 Å². The van der Waals surface area contributed by atoms with E-state index < -0.39 is 0 Å². The maximum atomic E-state index is 13.3. The number of rotatable bonds is 1. The number of carbonyl (C=O) groups excluding carboxylic acids is 1. The van der Waals surface area contributed by atoms with Crippen LogP contribution in [0.15, 0.2) is 23.9 Å². The van der Waals surface area contributed by atoms with Crippen molar-refractivity contribution >= 4 is 22.9 Å². The summed E-state index contributed by atoms with van der Waals surface area (Å²) in [6.45, 7) is 3.43. The Balaban J connectivity index is 1.79. The number of nitrogen functional groups attached to an aromatic ring is 1. The van der Waals surface area contributed by atoms with Crippen LogP contribution in [0.2, 0.25) is 0 Å². The summed E-state index contributed by atoms with van der Waals surface area (Å²) in [6.07, 6.45) is 2.46. The normalized spacial score (nSPS) is 25.3. The predicted molar refractivity (Wildman–Crippen MR) is 92.5 cm³/mol. The first-order chi connectivity index (χ1) is 11.8. The molecule has 3 aliphatic heterocycles. The van der Waals surface area contributed by atoms with Crippen LogP contribution in [0.5, 0.6) is 0 Å². The van der Waals surface area contributed by atoms with Gasteiger partial charge < -0.3 is 25.4 Å². The van der Waals surface area contributed by atoms with E-state index in [9.17, 15) is 4.79 Å². The van der Waals surface area contributed by atoms with Crippen molar-refractivity contribution in [2.75, 3.05) is 43.6 Å². The molecule has 0 atom stereocenters. The number of nitrogens with two attached hydrogens (primary N) is 1. The number of hydrogen-bond acceptors (Lipinski definition) is 5. The van der Waals surface area contributed by atoms with Crippen molar-refractivity contribution in [2.45, 2.75) is 25.3 Å². The summed E-state index contributed by atoms with van der Waals surface area (Å²) in [6, 6.07) is 5.95. The molecule has 0 aromatic heterocycles. The molecule has 0 saturated carbocycles. The summed E-state index contributed by atoms with van der Waals surface area (Å²) in [5, 5.41) is 3.38. The Kier molecular flexibility index (Phi) is 4.16. The zero-order valence-electron chi connectivity index (χ0n) is 13.7. The van der Waals surface area contributed by atoms with Gasteiger partial charge in [0.1, 0.15) is 0 Å². The third kappa shape index (κ3) is 2.65. The van der Waals surface area contributed by atoms with E-state index in [-0.39, 0.29) is 11.9 Å². The highest BCUT2D eigenvalue weighted by atomic mass is 16.5. The molecule has 128 valence electrons. The molecule has 0 unspecified atom stereocenters. The molecule has 3 N–H and O–H groups in total. The molecule has 4 rings (SSSR count). The lowest BCUT2D eigenvalue weighted by atomic mass is 10.0. The Bertz CT molecular complexity index is 670. The molecule has 2 fully saturated rings. The van der Waals surface area contributed by atoms with Gasteiger partial charge in [-0.15, -0.1) is 0 Å². The molecule has 1 aromatic carbocycles. The molecule has 0 aliphatic carbocycles. The minimum atomic E-state index is 0.0758. The third-order valence-electron chi connectivity index (χ3n) is 4.92. The van der Waals surface area contributed by atoms with Crippen molar-refractivity contribution in [3.05, 3.63) is 29.5 Å². The van der Waals surface area contributed by atoms with Gasteiger partial charge >= 0.3 is 0 Å². The Hall–Kier alpha value is -2.05. The molecular weight excluding hydrogens is 306 g/mol. The van der Waals surface area contributed by atoms with Crippen LogP contribution < -0.4 is 16.0 Å². The molecule has 1 aromatic rings. The summed E-state index contributed by atoms with van der Waals surface area (Å²) < 4.78 is 11.0. The first-order valence-corrected chi connectivity index (χ1v) is 8.61. The zero-order chi connectivity index (χ0) is 16.5. The second-order valence-corrected chi connectivity index (χ2v) is 6.44. The highest BCUT2D eigenvalue weighted by molar-refractivity contribution is 6.33. The van der Waals surface area contributed by atoms with E-state index in [2.05, 4.69) is 5.32 Å². The first-order valence-electron chi connectivity index (χ1n) is 8.61. The van der Waals surface area contributed by atoms with Gasteiger partial charge in [-0.3, -0.25) is 4.79 Å². The molecular formula is C18H23N3O3. The van der Waals surface area contributed by atoms with Gasteiger partial charge in [0.15, 0.2) is 0 Å². The number of hydrogen-bond donors (Lipinski definition) is 2. The predicted octanol–water partition coefficient (Wildman–Crippen LogP) is 1.52. The van der Waals surface area contributed by atoms with Gasteiger partial charge in [-0.1, -0.05) is 0 Å². The molecule has 0 bridgehead atoms. The average molecular weight is 329 g/mol. The highest BCUT2D eigenvalue weighted by Crippen LogP contribution is 2.42. The van der Waals surface area contributed by atoms with Gasteiger partial charge in [0.25, 0.3) is 5.91 Å². The molecule has 0 spiro atoms. The van der Waals surface area contributed by atoms with Gasteiger partial charge in [0, 0.05) is 49.2 Å². The van der Waals surface area contributed by atoms with Crippen LogP contribution >= 0.6 is 0 Å². The second-order valence-electron chi connectivity index (χ2n) is 6.44. The Labute approximate surface area is 141 Å². The lowest BCUT2D eigenvalue weighted by molar-refractivity contribution is -0.113. The van der Waals surface area contributed by atoms with Crippen molar-refractivity contribution in [2.24, 2.45) is 0 Å². The highest BCUT2D eigenvalue weighted by Gasteiger charge is 2.39. The van der Waals surface area contributed by atoms with E-state index in [1.165, 1.54) is 0 Å². The fourth-order valence-corrected chi connectivity index (χ4v) is 3.76. The van der Waals surface area contributed by atoms with Crippen molar-refractivity contribution < 1.29 is 14.3 Å². The number of carbonyl (C=O) groups is 1. The number of benzene rings is 1. The van der Waals surface area contributed by atoms with E-state index >= 15 is 0 Å². The third-order valence-corrected chi connectivity index (χ3v) is 4.92. The van der Waals surface area contributed by atoms with Crippen molar-refractivity contribution in [1.82, 2.24) is 5.32 Å². The quantitative estimate of drug-likeness (QED) is 0.603. The summed E-state index contributed by atoms with van der Waals surface area (Å²) in [5.74, 6) is 0.0758. The van der Waals surface area contributed by atoms with Gasteiger partial charge in [-0.2, -0.15) is 0 Å². The molecule has 6 nitrogen and oxygen atoms in total. The van der Waals surface area contributed by atoms with Crippen LogP contribution in [-0.2, 0) is 14.3 Å². The average Bonchev–Trinajstić information content (AvgIpc) is 2.76. The van der Waals surface area contributed by atoms with Crippen molar-refractivity contribution in [1.29, 1.82) is 0 Å². The van der Waals surface area contributed by atoms with Crippen molar-refractivity contribution in [3.63, 3.8) is 0 Å². The maximum Gasteiger partial charge on any atom is 0.261 e. The molecule has 0 radical (unpaired) electrons. The zero-order valence-corrected chi connectivity index (χ0v) is 13.7. The minimum absolute atomic E-state index is 0.0758. The Morgan fingerprint density at radius 2 is 1.92 bits per heavy atom. The van der Waals surface area contributed by atoms with Crippen molar-refractivity contribution in [3.8, 4) is 0 Å². The summed E-state index contributed by atoms with van der Waals surface area (Å²) in [5.41, 5.74) is 10.3. The summed E-state index contributed by atoms with van der Waals surface area (Å²) in [4.78, 5) is 15.2. The second kappa shape index (κ2) is 6.45. The van der Waals surface area contributed by atoms with E-state index in [1.54, 1.807) is 0 Å². The monoisotopic (exact) mass is 329 g/mol. The lowest BCUT2D eigenvalue weighted by Crippen LogP contribution is -2.41. The van der Waals surface area contributed by atoms with Gasteiger partial charge in [0.2, 0.25) is 0 Å². The minimum Gasteiger partial charge on any atom is -0.399 e. The maximum absolute atomic E-state index is 13.3. The van der Waals surface area contributed by atoms with E-state index in [1.807, 2.05) is 23.1 Å².